The first kappa shape index (κ1) is 21.6. The summed E-state index contributed by atoms with van der Waals surface area (Å²) in [6.07, 6.45) is 8.05. The van der Waals surface area contributed by atoms with Crippen LogP contribution >= 0.6 is 0 Å². The molecule has 0 fully saturated rings. The second kappa shape index (κ2) is 13.1. The number of aliphatic hydroxyl groups is 2. The van der Waals surface area contributed by atoms with Gasteiger partial charge in [-0.2, -0.15) is 0 Å². The molecule has 0 heterocycles. The number of carboxylic acid groups (broad SMARTS) is 1. The van der Waals surface area contributed by atoms with Gasteiger partial charge in [0.15, 0.2) is 5.78 Å². The van der Waals surface area contributed by atoms with E-state index < -0.39 is 23.8 Å². The Morgan fingerprint density at radius 3 is 2.04 bits per heavy atom. The average molecular weight is 328 g/mol. The van der Waals surface area contributed by atoms with E-state index in [1.165, 1.54) is 0 Å². The molecule has 0 saturated carbocycles. The molecule has 2 atom stereocenters. The van der Waals surface area contributed by atoms with E-state index in [2.05, 4.69) is 6.92 Å². The van der Waals surface area contributed by atoms with Crippen LogP contribution in [0.15, 0.2) is 11.8 Å². The van der Waals surface area contributed by atoms with E-state index >= 15 is 0 Å². The quantitative estimate of drug-likeness (QED) is 0.194. The molecular weight excluding hydrogens is 296 g/mol. The Bertz CT molecular complexity index is 376. The van der Waals surface area contributed by atoms with Gasteiger partial charge in [0.1, 0.15) is 5.92 Å². The molecule has 0 amide bonds. The molecule has 0 aliphatic rings. The van der Waals surface area contributed by atoms with Crippen LogP contribution in [0, 0.1) is 5.92 Å². The van der Waals surface area contributed by atoms with Crippen LogP contribution in [-0.4, -0.2) is 33.2 Å². The van der Waals surface area contributed by atoms with E-state index in [4.69, 9.17) is 5.11 Å². The summed E-state index contributed by atoms with van der Waals surface area (Å²) in [5.41, 5.74) is 0. The predicted molar refractivity (Wildman–Crippen MR) is 90.4 cm³/mol. The number of aliphatic hydroxyl groups excluding tert-OH is 2. The van der Waals surface area contributed by atoms with Gasteiger partial charge < -0.3 is 15.3 Å². The van der Waals surface area contributed by atoms with E-state index in [0.29, 0.717) is 12.8 Å². The number of rotatable bonds is 14. The zero-order valence-electron chi connectivity index (χ0n) is 14.5. The number of carbonyl (C=O) groups excluding carboxylic acids is 1. The summed E-state index contributed by atoms with van der Waals surface area (Å²) in [6, 6.07) is 0. The van der Waals surface area contributed by atoms with Crippen LogP contribution in [0.4, 0.5) is 0 Å². The van der Waals surface area contributed by atoms with Gasteiger partial charge in [-0.15, -0.1) is 0 Å². The third-order valence-corrected chi connectivity index (χ3v) is 3.91. The molecule has 2 unspecified atom stereocenters. The first-order chi connectivity index (χ1) is 10.9. The Balaban J connectivity index is 4.47. The van der Waals surface area contributed by atoms with Crippen molar-refractivity contribution >= 4 is 11.8 Å². The minimum absolute atomic E-state index is 0.0986. The monoisotopic (exact) mass is 328 g/mol. The SMILES string of the molecule is CCCCCCCC(O)=CC(=O)C(C(=O)O)C(O)CCCCC. The molecule has 0 aromatic heterocycles. The van der Waals surface area contributed by atoms with Crippen molar-refractivity contribution in [1.29, 1.82) is 0 Å². The lowest BCUT2D eigenvalue weighted by atomic mass is 9.92. The molecular formula is C18H32O5. The van der Waals surface area contributed by atoms with Crippen LogP contribution in [0.2, 0.25) is 0 Å². The second-order valence-electron chi connectivity index (χ2n) is 6.08. The van der Waals surface area contributed by atoms with E-state index in [1.54, 1.807) is 0 Å². The van der Waals surface area contributed by atoms with Crippen LogP contribution in [0.1, 0.15) is 78.1 Å². The second-order valence-corrected chi connectivity index (χ2v) is 6.08. The number of hydrogen-bond donors (Lipinski definition) is 3. The predicted octanol–water partition coefficient (Wildman–Crippen LogP) is 4.00. The number of aliphatic carboxylic acids is 1. The maximum Gasteiger partial charge on any atom is 0.317 e. The van der Waals surface area contributed by atoms with Gasteiger partial charge in [-0.1, -0.05) is 58.8 Å². The molecule has 5 nitrogen and oxygen atoms in total. The molecule has 0 rings (SSSR count). The van der Waals surface area contributed by atoms with Crippen LogP contribution < -0.4 is 0 Å². The van der Waals surface area contributed by atoms with Crippen LogP contribution in [0.25, 0.3) is 0 Å². The van der Waals surface area contributed by atoms with Crippen molar-refractivity contribution in [2.75, 3.05) is 0 Å². The molecule has 0 spiro atoms. The smallest absolute Gasteiger partial charge is 0.317 e. The number of allylic oxidation sites excluding steroid dienone is 2. The molecule has 0 aliphatic carbocycles. The normalized spacial score (nSPS) is 14.5. The van der Waals surface area contributed by atoms with Gasteiger partial charge in [-0.3, -0.25) is 9.59 Å². The highest BCUT2D eigenvalue weighted by Crippen LogP contribution is 2.16. The summed E-state index contributed by atoms with van der Waals surface area (Å²) in [4.78, 5) is 23.3. The Hall–Kier alpha value is -1.36. The highest BCUT2D eigenvalue weighted by molar-refractivity contribution is 6.05. The van der Waals surface area contributed by atoms with Gasteiger partial charge >= 0.3 is 5.97 Å². The molecule has 3 N–H and O–H groups in total. The zero-order chi connectivity index (χ0) is 17.7. The highest BCUT2D eigenvalue weighted by atomic mass is 16.4. The maximum atomic E-state index is 12.0. The maximum absolute atomic E-state index is 12.0. The van der Waals surface area contributed by atoms with Gasteiger partial charge in [-0.25, -0.2) is 0 Å². The third-order valence-electron chi connectivity index (χ3n) is 3.91. The molecule has 0 aliphatic heterocycles. The van der Waals surface area contributed by atoms with E-state index in [-0.39, 0.29) is 12.2 Å². The highest BCUT2D eigenvalue weighted by Gasteiger charge is 2.32. The standard InChI is InChI=1S/C18H32O5/c1-3-5-7-8-10-11-14(19)13-16(21)17(18(22)23)15(20)12-9-6-4-2/h13,15,17,19-20H,3-12H2,1-2H3,(H,22,23). The Morgan fingerprint density at radius 2 is 1.48 bits per heavy atom. The average Bonchev–Trinajstić information content (AvgIpc) is 2.46. The summed E-state index contributed by atoms with van der Waals surface area (Å²) in [6.45, 7) is 4.13. The molecule has 0 bridgehead atoms. The van der Waals surface area contributed by atoms with E-state index in [0.717, 1.165) is 51.0 Å². The van der Waals surface area contributed by atoms with Crippen molar-refractivity contribution in [3.8, 4) is 0 Å². The summed E-state index contributed by atoms with van der Waals surface area (Å²) in [5, 5.41) is 28.9. The van der Waals surface area contributed by atoms with E-state index in [1.807, 2.05) is 6.92 Å². The van der Waals surface area contributed by atoms with Gasteiger partial charge in [0, 0.05) is 12.5 Å². The van der Waals surface area contributed by atoms with Gasteiger partial charge in [0.25, 0.3) is 0 Å². The molecule has 0 aromatic carbocycles. The van der Waals surface area contributed by atoms with Gasteiger partial charge in [-0.05, 0) is 12.8 Å². The van der Waals surface area contributed by atoms with E-state index in [9.17, 15) is 19.8 Å². The fraction of sp³-hybridized carbons (Fsp3) is 0.778. The van der Waals surface area contributed by atoms with Gasteiger partial charge in [0.2, 0.25) is 0 Å². The van der Waals surface area contributed by atoms with Crippen LogP contribution in [0.5, 0.6) is 0 Å². The van der Waals surface area contributed by atoms with Crippen LogP contribution in [-0.2, 0) is 9.59 Å². The lowest BCUT2D eigenvalue weighted by Gasteiger charge is -2.16. The minimum atomic E-state index is -1.49. The lowest BCUT2D eigenvalue weighted by molar-refractivity contribution is -0.149. The van der Waals surface area contributed by atoms with Crippen molar-refractivity contribution in [3.63, 3.8) is 0 Å². The zero-order valence-corrected chi connectivity index (χ0v) is 14.5. The Morgan fingerprint density at radius 1 is 0.913 bits per heavy atom. The van der Waals surface area contributed by atoms with Crippen molar-refractivity contribution in [2.45, 2.75) is 84.2 Å². The van der Waals surface area contributed by atoms with Crippen molar-refractivity contribution in [2.24, 2.45) is 5.92 Å². The fourth-order valence-corrected chi connectivity index (χ4v) is 2.48. The Labute approximate surface area is 139 Å². The first-order valence-electron chi connectivity index (χ1n) is 8.78. The number of carbonyl (C=O) groups is 2. The summed E-state index contributed by atoms with van der Waals surface area (Å²) < 4.78 is 0. The summed E-state index contributed by atoms with van der Waals surface area (Å²) >= 11 is 0. The number of carboxylic acids is 1. The number of ketones is 1. The summed E-state index contributed by atoms with van der Waals surface area (Å²) in [7, 11) is 0. The largest absolute Gasteiger partial charge is 0.512 e. The van der Waals surface area contributed by atoms with Crippen molar-refractivity contribution in [1.82, 2.24) is 0 Å². The topological polar surface area (TPSA) is 94.8 Å². The molecule has 5 heteroatoms. The Kier molecular flexibility index (Phi) is 12.3. The molecule has 0 saturated heterocycles. The molecule has 0 aromatic rings. The van der Waals surface area contributed by atoms with Crippen molar-refractivity contribution < 1.29 is 24.9 Å². The first-order valence-corrected chi connectivity index (χ1v) is 8.78. The van der Waals surface area contributed by atoms with Gasteiger partial charge in [0.05, 0.1) is 11.9 Å². The molecule has 23 heavy (non-hydrogen) atoms. The molecule has 134 valence electrons. The minimum Gasteiger partial charge on any atom is -0.512 e. The van der Waals surface area contributed by atoms with Crippen LogP contribution in [0.3, 0.4) is 0 Å². The molecule has 0 radical (unpaired) electrons. The summed E-state index contributed by atoms with van der Waals surface area (Å²) in [5.74, 6) is -3.66. The fourth-order valence-electron chi connectivity index (χ4n) is 2.48. The van der Waals surface area contributed by atoms with Crippen molar-refractivity contribution in [3.05, 3.63) is 11.8 Å². The third kappa shape index (κ3) is 10.1. The number of hydrogen-bond acceptors (Lipinski definition) is 4. The lowest BCUT2D eigenvalue weighted by Crippen LogP contribution is -2.34. The number of unbranched alkanes of at least 4 members (excludes halogenated alkanes) is 6.